The number of thiophene rings is 1. The Labute approximate surface area is 124 Å². The number of carbonyl (C=O) groups is 2. The van der Waals surface area contributed by atoms with Crippen molar-refractivity contribution in [3.63, 3.8) is 0 Å². The van der Waals surface area contributed by atoms with Crippen molar-refractivity contribution < 1.29 is 14.3 Å². The molecule has 104 valence electrons. The first-order valence-corrected chi connectivity index (χ1v) is 7.24. The van der Waals surface area contributed by atoms with Crippen molar-refractivity contribution in [2.75, 3.05) is 13.2 Å². The van der Waals surface area contributed by atoms with E-state index in [9.17, 15) is 9.59 Å². The summed E-state index contributed by atoms with van der Waals surface area (Å²) >= 11 is 12.7. The van der Waals surface area contributed by atoms with Crippen molar-refractivity contribution in [2.45, 2.75) is 18.9 Å². The van der Waals surface area contributed by atoms with E-state index in [2.05, 4.69) is 0 Å². The molecule has 2 heterocycles. The van der Waals surface area contributed by atoms with E-state index in [1.165, 1.54) is 11.0 Å². The quantitative estimate of drug-likeness (QED) is 0.869. The third-order valence-corrected chi connectivity index (χ3v) is 4.43. The number of rotatable bonds is 3. The lowest BCUT2D eigenvalue weighted by atomic mass is 10.2. The van der Waals surface area contributed by atoms with Crippen LogP contribution in [0.15, 0.2) is 6.07 Å². The van der Waals surface area contributed by atoms with Gasteiger partial charge in [0.1, 0.15) is 10.9 Å². The number of nitrogens with two attached hydrogens (primary N) is 1. The van der Waals surface area contributed by atoms with Crippen LogP contribution in [0.5, 0.6) is 0 Å². The normalized spacial score (nSPS) is 18.6. The summed E-state index contributed by atoms with van der Waals surface area (Å²) in [5.74, 6) is -0.538. The van der Waals surface area contributed by atoms with Gasteiger partial charge >= 0.3 is 12.0 Å². The molecule has 0 spiro atoms. The van der Waals surface area contributed by atoms with Gasteiger partial charge in [0.2, 0.25) is 0 Å². The van der Waals surface area contributed by atoms with Crippen LogP contribution in [0.1, 0.15) is 23.2 Å². The van der Waals surface area contributed by atoms with Gasteiger partial charge in [0.05, 0.1) is 15.9 Å². The molecule has 1 fully saturated rings. The zero-order valence-electron chi connectivity index (χ0n) is 9.90. The number of halogens is 2. The average molecular weight is 323 g/mol. The van der Waals surface area contributed by atoms with Gasteiger partial charge in [-0.3, -0.25) is 0 Å². The van der Waals surface area contributed by atoms with Gasteiger partial charge in [-0.15, -0.1) is 11.3 Å². The zero-order valence-corrected chi connectivity index (χ0v) is 12.2. The number of hydrogen-bond acceptors (Lipinski definition) is 4. The molecule has 1 aliphatic heterocycles. The van der Waals surface area contributed by atoms with Crippen LogP contribution >= 0.6 is 34.5 Å². The first-order valence-electron chi connectivity index (χ1n) is 5.67. The van der Waals surface area contributed by atoms with Gasteiger partial charge in [-0.1, -0.05) is 23.2 Å². The van der Waals surface area contributed by atoms with Crippen LogP contribution in [0.25, 0.3) is 0 Å². The summed E-state index contributed by atoms with van der Waals surface area (Å²) in [6.45, 7) is 0.716. The Morgan fingerprint density at radius 3 is 2.84 bits per heavy atom. The zero-order chi connectivity index (χ0) is 14.0. The highest BCUT2D eigenvalue weighted by Crippen LogP contribution is 2.31. The number of nitrogens with zero attached hydrogens (tertiary/aromatic N) is 1. The highest BCUT2D eigenvalue weighted by Gasteiger charge is 2.28. The van der Waals surface area contributed by atoms with Crippen LogP contribution < -0.4 is 5.73 Å². The second kappa shape index (κ2) is 5.98. The van der Waals surface area contributed by atoms with Crippen molar-refractivity contribution in [3.8, 4) is 0 Å². The molecule has 0 aliphatic carbocycles. The molecule has 0 unspecified atom stereocenters. The van der Waals surface area contributed by atoms with E-state index in [0.29, 0.717) is 15.2 Å². The fraction of sp³-hybridized carbons (Fsp3) is 0.455. The Morgan fingerprint density at radius 2 is 2.26 bits per heavy atom. The molecule has 2 N–H and O–H groups in total. The number of likely N-dealkylation sites (tertiary alicyclic amines) is 1. The molecule has 5 nitrogen and oxygen atoms in total. The van der Waals surface area contributed by atoms with Gasteiger partial charge in [0.25, 0.3) is 0 Å². The third-order valence-electron chi connectivity index (χ3n) is 2.94. The molecule has 0 aromatic carbocycles. The summed E-state index contributed by atoms with van der Waals surface area (Å²) in [7, 11) is 0. The van der Waals surface area contributed by atoms with Crippen LogP contribution in [0, 0.1) is 0 Å². The molecule has 8 heteroatoms. The molecule has 1 aromatic heterocycles. The van der Waals surface area contributed by atoms with E-state index in [0.717, 1.165) is 24.2 Å². The maximum Gasteiger partial charge on any atom is 0.340 e. The number of ether oxygens (including phenoxy) is 1. The van der Waals surface area contributed by atoms with E-state index >= 15 is 0 Å². The Morgan fingerprint density at radius 1 is 1.53 bits per heavy atom. The monoisotopic (exact) mass is 322 g/mol. The van der Waals surface area contributed by atoms with Crippen molar-refractivity contribution in [1.82, 2.24) is 4.90 Å². The highest BCUT2D eigenvalue weighted by atomic mass is 35.5. The SMILES string of the molecule is NC(=O)N1CCC[C@H]1COC(=O)c1cc(Cl)sc1Cl. The minimum Gasteiger partial charge on any atom is -0.460 e. The standard InChI is InChI=1S/C11H12Cl2N2O3S/c12-8-4-7(9(13)19-8)10(16)18-5-6-2-1-3-15(6)11(14)17/h4,6H,1-3,5H2,(H2,14,17)/t6-/m0/s1. The molecule has 2 amide bonds. The van der Waals surface area contributed by atoms with Crippen molar-refractivity contribution in [1.29, 1.82) is 0 Å². The number of primary amides is 1. The minimum absolute atomic E-state index is 0.117. The van der Waals surface area contributed by atoms with E-state index in [-0.39, 0.29) is 18.2 Å². The maximum atomic E-state index is 11.8. The molecule has 0 radical (unpaired) electrons. The van der Waals surface area contributed by atoms with Crippen LogP contribution in [0.2, 0.25) is 8.67 Å². The minimum atomic E-state index is -0.538. The molecular formula is C11H12Cl2N2O3S. The summed E-state index contributed by atoms with van der Waals surface area (Å²) in [5.41, 5.74) is 5.49. The first kappa shape index (κ1) is 14.4. The third kappa shape index (κ3) is 3.32. The van der Waals surface area contributed by atoms with E-state index in [1.54, 1.807) is 0 Å². The molecule has 1 aromatic rings. The van der Waals surface area contributed by atoms with Gasteiger partial charge in [0, 0.05) is 6.54 Å². The van der Waals surface area contributed by atoms with Crippen LogP contribution in [-0.4, -0.2) is 36.1 Å². The Bertz CT molecular complexity index is 506. The molecule has 1 saturated heterocycles. The predicted molar refractivity (Wildman–Crippen MR) is 73.9 cm³/mol. The maximum absolute atomic E-state index is 11.8. The van der Waals surface area contributed by atoms with Gasteiger partial charge in [0.15, 0.2) is 0 Å². The summed E-state index contributed by atoms with van der Waals surface area (Å²) < 4.78 is 5.89. The summed E-state index contributed by atoms with van der Waals surface area (Å²) in [6.07, 6.45) is 1.63. The van der Waals surface area contributed by atoms with Crippen LogP contribution in [0.3, 0.4) is 0 Å². The topological polar surface area (TPSA) is 72.6 Å². The number of urea groups is 1. The van der Waals surface area contributed by atoms with Crippen molar-refractivity contribution >= 4 is 46.5 Å². The summed E-state index contributed by atoms with van der Waals surface area (Å²) in [4.78, 5) is 24.5. The fourth-order valence-corrected chi connectivity index (χ4v) is 3.47. The average Bonchev–Trinajstić information content (AvgIpc) is 2.92. The number of esters is 1. The van der Waals surface area contributed by atoms with Gasteiger partial charge in [-0.05, 0) is 18.9 Å². The smallest absolute Gasteiger partial charge is 0.340 e. The van der Waals surface area contributed by atoms with Crippen molar-refractivity contribution in [3.05, 3.63) is 20.3 Å². The lowest BCUT2D eigenvalue weighted by Crippen LogP contribution is -2.41. The van der Waals surface area contributed by atoms with Crippen LogP contribution in [-0.2, 0) is 4.74 Å². The van der Waals surface area contributed by atoms with Crippen molar-refractivity contribution in [2.24, 2.45) is 5.73 Å². The molecule has 0 bridgehead atoms. The predicted octanol–water partition coefficient (Wildman–Crippen LogP) is 2.75. The van der Waals surface area contributed by atoms with Gasteiger partial charge < -0.3 is 15.4 Å². The molecule has 0 saturated carbocycles. The molecule has 2 rings (SSSR count). The second-order valence-corrected chi connectivity index (χ2v) is 6.45. The van der Waals surface area contributed by atoms with Gasteiger partial charge in [-0.2, -0.15) is 0 Å². The largest absolute Gasteiger partial charge is 0.460 e. The molecule has 1 aliphatic rings. The molecule has 1 atom stereocenters. The summed E-state index contributed by atoms with van der Waals surface area (Å²) in [6, 6.07) is 0.821. The van der Waals surface area contributed by atoms with E-state index in [1.807, 2.05) is 0 Å². The first-order chi connectivity index (χ1) is 8.99. The van der Waals surface area contributed by atoms with Gasteiger partial charge in [-0.25, -0.2) is 9.59 Å². The Hall–Kier alpha value is -0.980. The highest BCUT2D eigenvalue weighted by molar-refractivity contribution is 7.20. The van der Waals surface area contributed by atoms with E-state index < -0.39 is 12.0 Å². The lowest BCUT2D eigenvalue weighted by Gasteiger charge is -2.22. The summed E-state index contributed by atoms with van der Waals surface area (Å²) in [5, 5.41) is 0. The lowest BCUT2D eigenvalue weighted by molar-refractivity contribution is 0.0423. The Kier molecular flexibility index (Phi) is 4.54. The van der Waals surface area contributed by atoms with E-state index in [4.69, 9.17) is 33.7 Å². The Balaban J connectivity index is 1.94. The number of carbonyl (C=O) groups excluding carboxylic acids is 2. The number of hydrogen-bond donors (Lipinski definition) is 1. The van der Waals surface area contributed by atoms with Crippen LogP contribution in [0.4, 0.5) is 4.79 Å². The number of amides is 2. The second-order valence-electron chi connectivity index (χ2n) is 4.16. The molecule has 19 heavy (non-hydrogen) atoms. The molecular weight excluding hydrogens is 311 g/mol. The fourth-order valence-electron chi connectivity index (χ4n) is 2.03.